The minimum atomic E-state index is -4.40. The molecule has 0 aliphatic rings. The Hall–Kier alpha value is -1.89. The zero-order valence-electron chi connectivity index (χ0n) is 10.6. The maximum absolute atomic E-state index is 11.8. The second-order valence-electron chi connectivity index (χ2n) is 3.98. The zero-order valence-corrected chi connectivity index (χ0v) is 10.6. The molecule has 0 radical (unpaired) electrons. The van der Waals surface area contributed by atoms with Gasteiger partial charge in [0.05, 0.1) is 13.2 Å². The number of benzene rings is 1. The predicted molar refractivity (Wildman–Crippen MR) is 65.3 cm³/mol. The lowest BCUT2D eigenvalue weighted by Gasteiger charge is -2.08. The summed E-state index contributed by atoms with van der Waals surface area (Å²) in [7, 11) is 0. The highest BCUT2D eigenvalue weighted by atomic mass is 19.4. The van der Waals surface area contributed by atoms with Gasteiger partial charge in [-0.25, -0.2) is 0 Å². The molecular weight excluding hydrogens is 275 g/mol. The van der Waals surface area contributed by atoms with Crippen molar-refractivity contribution >= 4 is 11.7 Å². The number of alkyl halides is 3. The Morgan fingerprint density at radius 3 is 2.40 bits per heavy atom. The molecule has 0 heterocycles. The minimum absolute atomic E-state index is 0.192. The van der Waals surface area contributed by atoms with Crippen LogP contribution in [0.3, 0.4) is 0 Å². The van der Waals surface area contributed by atoms with E-state index in [0.29, 0.717) is 5.56 Å². The van der Waals surface area contributed by atoms with Crippen LogP contribution < -0.4 is 5.32 Å². The molecule has 1 aromatic carbocycles. The molecular formula is C13H14F3NO3. The third-order valence-electron chi connectivity index (χ3n) is 2.28. The van der Waals surface area contributed by atoms with Crippen molar-refractivity contribution in [1.82, 2.24) is 5.32 Å². The molecule has 1 N–H and O–H groups in total. The average molecular weight is 289 g/mol. The van der Waals surface area contributed by atoms with Crippen LogP contribution in [0.1, 0.15) is 16.8 Å². The van der Waals surface area contributed by atoms with Crippen LogP contribution in [0.2, 0.25) is 0 Å². The zero-order chi connectivity index (χ0) is 15.0. The summed E-state index contributed by atoms with van der Waals surface area (Å²) in [4.78, 5) is 22.9. The van der Waals surface area contributed by atoms with Gasteiger partial charge in [-0.1, -0.05) is 30.3 Å². The van der Waals surface area contributed by atoms with Gasteiger partial charge in [0.25, 0.3) is 0 Å². The standard InChI is InChI=1S/C13H14F3NO3/c14-13(15,16)9-20-7-6-12(19)17-8-11(18)10-4-2-1-3-5-10/h1-5H,6-9H2,(H,17,19). The largest absolute Gasteiger partial charge is 0.411 e. The number of Topliss-reactive ketones (excluding diaryl/α,β-unsaturated/α-hetero) is 1. The van der Waals surface area contributed by atoms with Crippen LogP contribution in [0.25, 0.3) is 0 Å². The summed E-state index contributed by atoms with van der Waals surface area (Å²) in [6.45, 7) is -1.92. The summed E-state index contributed by atoms with van der Waals surface area (Å²) in [5, 5.41) is 2.33. The Morgan fingerprint density at radius 1 is 1.15 bits per heavy atom. The molecule has 1 rings (SSSR count). The van der Waals surface area contributed by atoms with E-state index in [1.54, 1.807) is 30.3 Å². The summed E-state index contributed by atoms with van der Waals surface area (Å²) in [5.74, 6) is -0.799. The molecule has 1 aromatic rings. The van der Waals surface area contributed by atoms with Crippen LogP contribution >= 0.6 is 0 Å². The molecule has 0 spiro atoms. The van der Waals surface area contributed by atoms with Gasteiger partial charge in [-0.2, -0.15) is 13.2 Å². The molecule has 0 saturated heterocycles. The van der Waals surface area contributed by atoms with Gasteiger partial charge in [0.15, 0.2) is 5.78 Å². The van der Waals surface area contributed by atoms with Crippen LogP contribution in [0.4, 0.5) is 13.2 Å². The highest BCUT2D eigenvalue weighted by Gasteiger charge is 2.27. The molecule has 0 aliphatic carbocycles. The average Bonchev–Trinajstić information content (AvgIpc) is 2.41. The summed E-state index contributed by atoms with van der Waals surface area (Å²) in [5.41, 5.74) is 0.459. The van der Waals surface area contributed by atoms with Crippen molar-refractivity contribution in [3.05, 3.63) is 35.9 Å². The molecule has 7 heteroatoms. The molecule has 20 heavy (non-hydrogen) atoms. The van der Waals surface area contributed by atoms with Gasteiger partial charge in [-0.05, 0) is 0 Å². The van der Waals surface area contributed by atoms with Crippen LogP contribution in [-0.2, 0) is 9.53 Å². The smallest absolute Gasteiger partial charge is 0.372 e. The monoisotopic (exact) mass is 289 g/mol. The first-order chi connectivity index (χ1) is 9.38. The van der Waals surface area contributed by atoms with E-state index in [9.17, 15) is 22.8 Å². The normalized spacial score (nSPS) is 11.2. The number of ether oxygens (including phenoxy) is 1. The number of amides is 1. The SMILES string of the molecule is O=C(CCOCC(F)(F)F)NCC(=O)c1ccccc1. The van der Waals surface area contributed by atoms with Crippen LogP contribution in [-0.4, -0.2) is 37.6 Å². The van der Waals surface area contributed by atoms with Gasteiger partial charge in [0.2, 0.25) is 5.91 Å². The molecule has 0 unspecified atom stereocenters. The van der Waals surface area contributed by atoms with Crippen molar-refractivity contribution in [1.29, 1.82) is 0 Å². The quantitative estimate of drug-likeness (QED) is 0.616. The maximum atomic E-state index is 11.8. The van der Waals surface area contributed by atoms with E-state index in [1.165, 1.54) is 0 Å². The second kappa shape index (κ2) is 7.64. The lowest BCUT2D eigenvalue weighted by Crippen LogP contribution is -2.30. The third kappa shape index (κ3) is 6.89. The van der Waals surface area contributed by atoms with Crippen LogP contribution in [0.5, 0.6) is 0 Å². The Morgan fingerprint density at radius 2 is 1.80 bits per heavy atom. The number of carbonyl (C=O) groups is 2. The van der Waals surface area contributed by atoms with E-state index in [2.05, 4.69) is 10.1 Å². The van der Waals surface area contributed by atoms with E-state index >= 15 is 0 Å². The molecule has 0 aromatic heterocycles. The molecule has 0 fully saturated rings. The van der Waals surface area contributed by atoms with Crippen molar-refractivity contribution < 1.29 is 27.5 Å². The second-order valence-corrected chi connectivity index (χ2v) is 3.98. The number of ketones is 1. The highest BCUT2D eigenvalue weighted by Crippen LogP contribution is 2.14. The van der Waals surface area contributed by atoms with Crippen molar-refractivity contribution in [2.24, 2.45) is 0 Å². The van der Waals surface area contributed by atoms with E-state index < -0.39 is 18.7 Å². The summed E-state index contributed by atoms with van der Waals surface area (Å²) in [6.07, 6.45) is -4.63. The first kappa shape index (κ1) is 16.2. The Bertz CT molecular complexity index is 446. The summed E-state index contributed by atoms with van der Waals surface area (Å²) < 4.78 is 39.5. The number of halogens is 3. The fourth-order valence-electron chi connectivity index (χ4n) is 1.35. The molecule has 110 valence electrons. The molecule has 0 saturated carbocycles. The van der Waals surface area contributed by atoms with Gasteiger partial charge in [-0.3, -0.25) is 9.59 Å². The van der Waals surface area contributed by atoms with Crippen LogP contribution in [0.15, 0.2) is 30.3 Å². The topological polar surface area (TPSA) is 55.4 Å². The van der Waals surface area contributed by atoms with Crippen molar-refractivity contribution in [2.45, 2.75) is 12.6 Å². The van der Waals surface area contributed by atoms with E-state index in [1.807, 2.05) is 0 Å². The van der Waals surface area contributed by atoms with Gasteiger partial charge >= 0.3 is 6.18 Å². The number of hydrogen-bond donors (Lipinski definition) is 1. The van der Waals surface area contributed by atoms with Crippen molar-refractivity contribution in [3.63, 3.8) is 0 Å². The van der Waals surface area contributed by atoms with Gasteiger partial charge in [-0.15, -0.1) is 0 Å². The Kier molecular flexibility index (Phi) is 6.17. The molecule has 0 aliphatic heterocycles. The number of rotatable bonds is 7. The fourth-order valence-corrected chi connectivity index (χ4v) is 1.35. The molecule has 4 nitrogen and oxygen atoms in total. The molecule has 0 atom stereocenters. The van der Waals surface area contributed by atoms with Gasteiger partial charge < -0.3 is 10.1 Å². The minimum Gasteiger partial charge on any atom is -0.372 e. The number of carbonyl (C=O) groups excluding carboxylic acids is 2. The van der Waals surface area contributed by atoms with E-state index in [0.717, 1.165) is 0 Å². The summed E-state index contributed by atoms with van der Waals surface area (Å²) in [6, 6.07) is 8.37. The Labute approximate surface area is 113 Å². The summed E-state index contributed by atoms with van der Waals surface area (Å²) >= 11 is 0. The van der Waals surface area contributed by atoms with Crippen LogP contribution in [0, 0.1) is 0 Å². The number of hydrogen-bond acceptors (Lipinski definition) is 3. The van der Waals surface area contributed by atoms with Crippen molar-refractivity contribution in [2.75, 3.05) is 19.8 Å². The van der Waals surface area contributed by atoms with Gasteiger partial charge in [0, 0.05) is 12.0 Å². The first-order valence-corrected chi connectivity index (χ1v) is 5.88. The first-order valence-electron chi connectivity index (χ1n) is 5.88. The predicted octanol–water partition coefficient (Wildman–Crippen LogP) is 1.95. The molecule has 1 amide bonds. The lowest BCUT2D eigenvalue weighted by atomic mass is 10.1. The van der Waals surface area contributed by atoms with E-state index in [-0.39, 0.29) is 25.4 Å². The fraction of sp³-hybridized carbons (Fsp3) is 0.385. The molecule has 0 bridgehead atoms. The van der Waals surface area contributed by atoms with E-state index in [4.69, 9.17) is 0 Å². The Balaban J connectivity index is 2.19. The lowest BCUT2D eigenvalue weighted by molar-refractivity contribution is -0.174. The van der Waals surface area contributed by atoms with Crippen molar-refractivity contribution in [3.8, 4) is 0 Å². The van der Waals surface area contributed by atoms with Gasteiger partial charge in [0.1, 0.15) is 6.61 Å². The number of nitrogens with one attached hydrogen (secondary N) is 1. The highest BCUT2D eigenvalue weighted by molar-refractivity contribution is 5.99. The maximum Gasteiger partial charge on any atom is 0.411 e. The third-order valence-corrected chi connectivity index (χ3v) is 2.28.